The van der Waals surface area contributed by atoms with Crippen LogP contribution in [-0.4, -0.2) is 37.2 Å². The van der Waals surface area contributed by atoms with Gasteiger partial charge >= 0.3 is 0 Å². The van der Waals surface area contributed by atoms with Gasteiger partial charge in [0.05, 0.1) is 7.11 Å². The Labute approximate surface area is 97.2 Å². The van der Waals surface area contributed by atoms with E-state index in [2.05, 4.69) is 24.0 Å². The first kappa shape index (κ1) is 11.4. The van der Waals surface area contributed by atoms with E-state index < -0.39 is 0 Å². The second-order valence-corrected chi connectivity index (χ2v) is 4.58. The third-order valence-corrected chi connectivity index (χ3v) is 3.27. The molecule has 0 bridgehead atoms. The van der Waals surface area contributed by atoms with Crippen LogP contribution in [0.15, 0.2) is 24.3 Å². The van der Waals surface area contributed by atoms with Crippen molar-refractivity contribution in [2.24, 2.45) is 5.73 Å². The summed E-state index contributed by atoms with van der Waals surface area (Å²) >= 11 is 0. The fraction of sp³-hybridized carbons (Fsp3) is 0.538. The zero-order valence-electron chi connectivity index (χ0n) is 10.0. The lowest BCUT2D eigenvalue weighted by Crippen LogP contribution is -2.59. The quantitative estimate of drug-likeness (QED) is 0.830. The molecule has 1 aromatic rings. The van der Waals surface area contributed by atoms with Crippen LogP contribution in [0.5, 0.6) is 5.75 Å². The molecule has 0 spiro atoms. The van der Waals surface area contributed by atoms with Crippen molar-refractivity contribution in [1.82, 2.24) is 4.90 Å². The minimum atomic E-state index is 0.375. The van der Waals surface area contributed by atoms with Gasteiger partial charge in [0.15, 0.2) is 0 Å². The van der Waals surface area contributed by atoms with Crippen molar-refractivity contribution in [2.75, 3.05) is 20.2 Å². The molecule has 0 aliphatic carbocycles. The van der Waals surface area contributed by atoms with Gasteiger partial charge in [0, 0.05) is 25.2 Å². The maximum atomic E-state index is 5.79. The molecule has 1 unspecified atom stereocenters. The van der Waals surface area contributed by atoms with Gasteiger partial charge < -0.3 is 10.5 Å². The zero-order valence-corrected chi connectivity index (χ0v) is 10.0. The van der Waals surface area contributed by atoms with E-state index in [-0.39, 0.29) is 0 Å². The third-order valence-electron chi connectivity index (χ3n) is 3.27. The SMILES string of the molecule is COc1ccccc1CC(C)N1CC(N)C1. The van der Waals surface area contributed by atoms with Crippen LogP contribution in [0.3, 0.4) is 0 Å². The van der Waals surface area contributed by atoms with Crippen LogP contribution in [0.1, 0.15) is 12.5 Å². The summed E-state index contributed by atoms with van der Waals surface area (Å²) in [6.45, 7) is 4.30. The maximum Gasteiger partial charge on any atom is 0.122 e. The molecule has 1 fully saturated rings. The molecule has 2 rings (SSSR count). The molecule has 1 aliphatic rings. The molecule has 2 N–H and O–H groups in total. The number of nitrogens with two attached hydrogens (primary N) is 1. The molecular formula is C13H20N2O. The molecule has 3 heteroatoms. The Hall–Kier alpha value is -1.06. The molecule has 0 amide bonds. The van der Waals surface area contributed by atoms with Gasteiger partial charge in [-0.25, -0.2) is 0 Å². The number of likely N-dealkylation sites (tertiary alicyclic amines) is 1. The number of rotatable bonds is 4. The molecule has 1 atom stereocenters. The van der Waals surface area contributed by atoms with Crippen LogP contribution in [0.4, 0.5) is 0 Å². The van der Waals surface area contributed by atoms with Crippen molar-refractivity contribution >= 4 is 0 Å². The lowest BCUT2D eigenvalue weighted by atomic mass is 10.0. The highest BCUT2D eigenvalue weighted by Gasteiger charge is 2.27. The first-order valence-electron chi connectivity index (χ1n) is 5.82. The van der Waals surface area contributed by atoms with Crippen LogP contribution >= 0.6 is 0 Å². The van der Waals surface area contributed by atoms with E-state index in [4.69, 9.17) is 10.5 Å². The van der Waals surface area contributed by atoms with E-state index in [1.165, 1.54) is 5.56 Å². The number of para-hydroxylation sites is 1. The van der Waals surface area contributed by atoms with Crippen LogP contribution in [0.2, 0.25) is 0 Å². The fourth-order valence-corrected chi connectivity index (χ4v) is 2.23. The molecule has 1 heterocycles. The number of benzene rings is 1. The Kier molecular flexibility index (Phi) is 3.46. The highest BCUT2D eigenvalue weighted by Crippen LogP contribution is 2.22. The Morgan fingerprint density at radius 2 is 2.12 bits per heavy atom. The number of hydrogen-bond acceptors (Lipinski definition) is 3. The number of hydrogen-bond donors (Lipinski definition) is 1. The van der Waals surface area contributed by atoms with Crippen molar-refractivity contribution in [3.63, 3.8) is 0 Å². The van der Waals surface area contributed by atoms with E-state index >= 15 is 0 Å². The average Bonchev–Trinajstić information content (AvgIpc) is 2.25. The summed E-state index contributed by atoms with van der Waals surface area (Å²) in [5.74, 6) is 0.985. The van der Waals surface area contributed by atoms with Gasteiger partial charge in [-0.1, -0.05) is 18.2 Å². The monoisotopic (exact) mass is 220 g/mol. The van der Waals surface area contributed by atoms with Crippen LogP contribution in [-0.2, 0) is 6.42 Å². The number of ether oxygens (including phenoxy) is 1. The van der Waals surface area contributed by atoms with Gasteiger partial charge in [-0.15, -0.1) is 0 Å². The number of methoxy groups -OCH3 is 1. The van der Waals surface area contributed by atoms with Crippen molar-refractivity contribution in [1.29, 1.82) is 0 Å². The predicted octanol–water partition coefficient (Wildman–Crippen LogP) is 1.27. The van der Waals surface area contributed by atoms with Crippen LogP contribution < -0.4 is 10.5 Å². The molecular weight excluding hydrogens is 200 g/mol. The van der Waals surface area contributed by atoms with Crippen molar-refractivity contribution in [2.45, 2.75) is 25.4 Å². The van der Waals surface area contributed by atoms with Crippen molar-refractivity contribution in [3.8, 4) is 5.75 Å². The Balaban J connectivity index is 1.97. The van der Waals surface area contributed by atoms with Gasteiger partial charge in [-0.3, -0.25) is 4.90 Å². The zero-order chi connectivity index (χ0) is 11.5. The van der Waals surface area contributed by atoms with Crippen molar-refractivity contribution < 1.29 is 4.74 Å². The first-order chi connectivity index (χ1) is 7.70. The fourth-order valence-electron chi connectivity index (χ4n) is 2.23. The summed E-state index contributed by atoms with van der Waals surface area (Å²) < 4.78 is 5.36. The molecule has 3 nitrogen and oxygen atoms in total. The van der Waals surface area contributed by atoms with E-state index in [9.17, 15) is 0 Å². The van der Waals surface area contributed by atoms with Gasteiger partial charge in [0.25, 0.3) is 0 Å². The first-order valence-corrected chi connectivity index (χ1v) is 5.82. The average molecular weight is 220 g/mol. The summed E-state index contributed by atoms with van der Waals surface area (Å²) in [7, 11) is 1.73. The lowest BCUT2D eigenvalue weighted by Gasteiger charge is -2.41. The van der Waals surface area contributed by atoms with E-state index in [0.717, 1.165) is 25.3 Å². The summed E-state index contributed by atoms with van der Waals surface area (Å²) in [6, 6.07) is 9.13. The van der Waals surface area contributed by atoms with Gasteiger partial charge in [0.2, 0.25) is 0 Å². The smallest absolute Gasteiger partial charge is 0.122 e. The maximum absolute atomic E-state index is 5.79. The largest absolute Gasteiger partial charge is 0.496 e. The van der Waals surface area contributed by atoms with Gasteiger partial charge in [-0.2, -0.15) is 0 Å². The van der Waals surface area contributed by atoms with Crippen molar-refractivity contribution in [3.05, 3.63) is 29.8 Å². The van der Waals surface area contributed by atoms with E-state index in [0.29, 0.717) is 12.1 Å². The minimum Gasteiger partial charge on any atom is -0.496 e. The van der Waals surface area contributed by atoms with Crippen LogP contribution in [0, 0.1) is 0 Å². The molecule has 0 saturated carbocycles. The summed E-state index contributed by atoms with van der Waals surface area (Å²) in [5.41, 5.74) is 7.07. The predicted molar refractivity (Wildman–Crippen MR) is 65.7 cm³/mol. The van der Waals surface area contributed by atoms with Gasteiger partial charge in [0.1, 0.15) is 5.75 Å². The summed E-state index contributed by atoms with van der Waals surface area (Å²) in [4.78, 5) is 2.41. The Bertz CT molecular complexity index is 348. The highest BCUT2D eigenvalue weighted by atomic mass is 16.5. The summed E-state index contributed by atoms with van der Waals surface area (Å²) in [6.07, 6.45) is 1.02. The third kappa shape index (κ3) is 2.36. The second-order valence-electron chi connectivity index (χ2n) is 4.58. The summed E-state index contributed by atoms with van der Waals surface area (Å²) in [5, 5.41) is 0. The minimum absolute atomic E-state index is 0.375. The molecule has 1 aliphatic heterocycles. The highest BCUT2D eigenvalue weighted by molar-refractivity contribution is 5.33. The molecule has 16 heavy (non-hydrogen) atoms. The Morgan fingerprint density at radius 3 is 2.75 bits per heavy atom. The lowest BCUT2D eigenvalue weighted by molar-refractivity contribution is 0.103. The van der Waals surface area contributed by atoms with E-state index in [1.54, 1.807) is 7.11 Å². The Morgan fingerprint density at radius 1 is 1.44 bits per heavy atom. The molecule has 0 radical (unpaired) electrons. The van der Waals surface area contributed by atoms with Crippen LogP contribution in [0.25, 0.3) is 0 Å². The van der Waals surface area contributed by atoms with Gasteiger partial charge in [-0.05, 0) is 25.0 Å². The second kappa shape index (κ2) is 4.85. The molecule has 88 valence electrons. The number of nitrogens with zero attached hydrogens (tertiary/aromatic N) is 1. The van der Waals surface area contributed by atoms with E-state index in [1.807, 2.05) is 12.1 Å². The topological polar surface area (TPSA) is 38.5 Å². The molecule has 1 saturated heterocycles. The molecule has 1 aromatic carbocycles. The standard InChI is InChI=1S/C13H20N2O/c1-10(15-8-12(14)9-15)7-11-5-3-4-6-13(11)16-2/h3-6,10,12H,7-9,14H2,1-2H3. The normalized spacial score (nSPS) is 19.2. The molecule has 0 aromatic heterocycles.